The van der Waals surface area contributed by atoms with Gasteiger partial charge in [-0.2, -0.15) is 4.31 Å². The van der Waals surface area contributed by atoms with Crippen molar-refractivity contribution in [3.8, 4) is 0 Å². The molecule has 0 spiro atoms. The van der Waals surface area contributed by atoms with Crippen molar-refractivity contribution in [1.29, 1.82) is 0 Å². The van der Waals surface area contributed by atoms with E-state index in [4.69, 9.17) is 0 Å². The highest BCUT2D eigenvalue weighted by Crippen LogP contribution is 2.28. The molecule has 2 aromatic carbocycles. The summed E-state index contributed by atoms with van der Waals surface area (Å²) in [7, 11) is -3.75. The lowest BCUT2D eigenvalue weighted by atomic mass is 10.0. The highest BCUT2D eigenvalue weighted by Gasteiger charge is 2.40. The van der Waals surface area contributed by atoms with Crippen molar-refractivity contribution >= 4 is 10.0 Å². The molecule has 23 heavy (non-hydrogen) atoms. The van der Waals surface area contributed by atoms with Crippen molar-refractivity contribution in [2.45, 2.75) is 29.9 Å². The largest absolute Gasteiger partial charge is 0.391 e. The third kappa shape index (κ3) is 3.29. The maximum Gasteiger partial charge on any atom is 0.243 e. The second-order valence-corrected chi connectivity index (χ2v) is 7.57. The topological polar surface area (TPSA) is 57.6 Å². The average molecular weight is 335 g/mol. The van der Waals surface area contributed by atoms with Crippen molar-refractivity contribution < 1.29 is 17.9 Å². The first-order valence-corrected chi connectivity index (χ1v) is 8.92. The van der Waals surface area contributed by atoms with E-state index in [-0.39, 0.29) is 11.4 Å². The van der Waals surface area contributed by atoms with Gasteiger partial charge in [-0.3, -0.25) is 0 Å². The molecule has 2 aromatic rings. The predicted molar refractivity (Wildman–Crippen MR) is 84.8 cm³/mol. The Morgan fingerprint density at radius 3 is 2.39 bits per heavy atom. The molecule has 3 rings (SSSR count). The average Bonchev–Trinajstić information content (AvgIpc) is 2.90. The van der Waals surface area contributed by atoms with E-state index in [0.29, 0.717) is 12.8 Å². The van der Waals surface area contributed by atoms with Crippen molar-refractivity contribution in [3.63, 3.8) is 0 Å². The summed E-state index contributed by atoms with van der Waals surface area (Å²) in [5.41, 5.74) is 0.970. The molecule has 0 bridgehead atoms. The van der Waals surface area contributed by atoms with E-state index in [2.05, 4.69) is 0 Å². The van der Waals surface area contributed by atoms with Crippen LogP contribution in [0.1, 0.15) is 12.0 Å². The zero-order chi connectivity index (χ0) is 16.4. The number of benzene rings is 2. The Bertz CT molecular complexity index is 762. The molecule has 6 heteroatoms. The Labute approximate surface area is 135 Å². The molecule has 0 amide bonds. The van der Waals surface area contributed by atoms with E-state index >= 15 is 0 Å². The lowest BCUT2D eigenvalue weighted by molar-refractivity contribution is 0.142. The first kappa shape index (κ1) is 16.1. The van der Waals surface area contributed by atoms with Crippen LogP contribution >= 0.6 is 0 Å². The Morgan fingerprint density at radius 1 is 1.09 bits per heavy atom. The van der Waals surface area contributed by atoms with Gasteiger partial charge in [-0.1, -0.05) is 30.3 Å². The molecule has 0 aromatic heterocycles. The highest BCUT2D eigenvalue weighted by molar-refractivity contribution is 7.89. The van der Waals surface area contributed by atoms with E-state index in [9.17, 15) is 17.9 Å². The van der Waals surface area contributed by atoms with Crippen LogP contribution in [-0.4, -0.2) is 36.5 Å². The predicted octanol–water partition coefficient (Wildman–Crippen LogP) is 2.19. The van der Waals surface area contributed by atoms with E-state index in [0.717, 1.165) is 17.7 Å². The van der Waals surface area contributed by atoms with Gasteiger partial charge in [0.2, 0.25) is 10.0 Å². The maximum atomic E-state index is 13.0. The molecule has 122 valence electrons. The third-order valence-corrected chi connectivity index (χ3v) is 6.11. The molecule has 1 N–H and O–H groups in total. The minimum atomic E-state index is -3.75. The van der Waals surface area contributed by atoms with Crippen LogP contribution in [0.25, 0.3) is 0 Å². The molecule has 1 fully saturated rings. The van der Waals surface area contributed by atoms with Gasteiger partial charge in [0.15, 0.2) is 0 Å². The minimum absolute atomic E-state index is 0.0473. The van der Waals surface area contributed by atoms with E-state index in [1.807, 2.05) is 30.3 Å². The van der Waals surface area contributed by atoms with Crippen LogP contribution in [0.15, 0.2) is 59.5 Å². The number of aliphatic hydroxyl groups is 1. The van der Waals surface area contributed by atoms with Gasteiger partial charge in [-0.05, 0) is 42.7 Å². The van der Waals surface area contributed by atoms with Crippen LogP contribution in [0.4, 0.5) is 4.39 Å². The van der Waals surface area contributed by atoms with E-state index in [1.54, 1.807) is 0 Å². The summed E-state index contributed by atoms with van der Waals surface area (Å²) in [6, 6.07) is 13.8. The fourth-order valence-corrected chi connectivity index (χ4v) is 4.61. The van der Waals surface area contributed by atoms with Crippen LogP contribution in [-0.2, 0) is 16.4 Å². The Kier molecular flexibility index (Phi) is 4.48. The minimum Gasteiger partial charge on any atom is -0.391 e. The fourth-order valence-electron chi connectivity index (χ4n) is 2.94. The maximum absolute atomic E-state index is 13.0. The summed E-state index contributed by atoms with van der Waals surface area (Å²) in [4.78, 5) is 0.0473. The molecular weight excluding hydrogens is 317 g/mol. The molecule has 0 aliphatic carbocycles. The smallest absolute Gasteiger partial charge is 0.243 e. The summed E-state index contributed by atoms with van der Waals surface area (Å²) in [6.07, 6.45) is 0.144. The molecule has 1 saturated heterocycles. The van der Waals surface area contributed by atoms with Crippen molar-refractivity contribution in [3.05, 3.63) is 66.0 Å². The van der Waals surface area contributed by atoms with Crippen molar-refractivity contribution in [2.24, 2.45) is 0 Å². The van der Waals surface area contributed by atoms with Crippen LogP contribution in [0.5, 0.6) is 0 Å². The monoisotopic (exact) mass is 335 g/mol. The quantitative estimate of drug-likeness (QED) is 0.932. The molecule has 0 saturated carbocycles. The fraction of sp³-hybridized carbons (Fsp3) is 0.294. The number of hydrogen-bond donors (Lipinski definition) is 1. The van der Waals surface area contributed by atoms with Crippen molar-refractivity contribution in [1.82, 2.24) is 4.31 Å². The molecule has 0 radical (unpaired) electrons. The molecular formula is C17H18FNO3S. The van der Waals surface area contributed by atoms with Gasteiger partial charge in [0, 0.05) is 6.54 Å². The van der Waals surface area contributed by atoms with Crippen LogP contribution < -0.4 is 0 Å². The Balaban J connectivity index is 1.89. The Morgan fingerprint density at radius 2 is 1.74 bits per heavy atom. The molecule has 1 aliphatic heterocycles. The van der Waals surface area contributed by atoms with Gasteiger partial charge in [-0.15, -0.1) is 0 Å². The molecule has 1 aliphatic rings. The standard InChI is InChI=1S/C17H18FNO3S/c18-14-6-8-15(9-7-14)23(21,22)19-11-10-17(20)16(19)12-13-4-2-1-3-5-13/h1-9,16-17,20H,10-12H2/t16-,17-/m0/s1. The summed E-state index contributed by atoms with van der Waals surface area (Å²) in [5, 5.41) is 10.2. The SMILES string of the molecule is O=S(=O)(c1ccc(F)cc1)N1CC[C@H](O)[C@@H]1Cc1ccccc1. The summed E-state index contributed by atoms with van der Waals surface area (Å²) < 4.78 is 39.9. The molecule has 1 heterocycles. The van der Waals surface area contributed by atoms with E-state index in [1.165, 1.54) is 16.4 Å². The number of rotatable bonds is 4. The molecule has 2 atom stereocenters. The van der Waals surface area contributed by atoms with Crippen molar-refractivity contribution in [2.75, 3.05) is 6.54 Å². The second-order valence-electron chi connectivity index (χ2n) is 5.68. The van der Waals surface area contributed by atoms with Gasteiger partial charge in [-0.25, -0.2) is 12.8 Å². The Hall–Kier alpha value is -1.76. The number of hydrogen-bond acceptors (Lipinski definition) is 3. The summed E-state index contributed by atoms with van der Waals surface area (Å²) in [6.45, 7) is 0.262. The number of halogens is 1. The first-order chi connectivity index (χ1) is 11.0. The van der Waals surface area contributed by atoms with Gasteiger partial charge in [0.05, 0.1) is 17.0 Å². The second kappa shape index (κ2) is 6.39. The number of sulfonamides is 1. The number of aliphatic hydroxyl groups excluding tert-OH is 1. The molecule has 4 nitrogen and oxygen atoms in total. The summed E-state index contributed by atoms with van der Waals surface area (Å²) in [5.74, 6) is -0.480. The van der Waals surface area contributed by atoms with Crippen LogP contribution in [0, 0.1) is 5.82 Å². The van der Waals surface area contributed by atoms with Gasteiger partial charge < -0.3 is 5.11 Å². The lowest BCUT2D eigenvalue weighted by Gasteiger charge is -2.26. The summed E-state index contributed by atoms with van der Waals surface area (Å²) >= 11 is 0. The van der Waals surface area contributed by atoms with E-state index < -0.39 is 28.0 Å². The normalized spacial score (nSPS) is 22.3. The molecule has 0 unspecified atom stereocenters. The zero-order valence-corrected chi connectivity index (χ0v) is 13.3. The number of nitrogens with zero attached hydrogens (tertiary/aromatic N) is 1. The first-order valence-electron chi connectivity index (χ1n) is 7.48. The highest BCUT2D eigenvalue weighted by atomic mass is 32.2. The van der Waals surface area contributed by atoms with Crippen LogP contribution in [0.3, 0.4) is 0 Å². The van der Waals surface area contributed by atoms with Crippen LogP contribution in [0.2, 0.25) is 0 Å². The van der Waals surface area contributed by atoms with Gasteiger partial charge in [0.1, 0.15) is 5.82 Å². The van der Waals surface area contributed by atoms with Gasteiger partial charge in [0.25, 0.3) is 0 Å². The van der Waals surface area contributed by atoms with Gasteiger partial charge >= 0.3 is 0 Å². The lowest BCUT2D eigenvalue weighted by Crippen LogP contribution is -2.41. The zero-order valence-electron chi connectivity index (χ0n) is 12.5. The third-order valence-electron chi connectivity index (χ3n) is 4.17.